The molecule has 0 aliphatic heterocycles. The van der Waals surface area contributed by atoms with Crippen molar-refractivity contribution in [3.63, 3.8) is 0 Å². The zero-order chi connectivity index (χ0) is 13.8. The summed E-state index contributed by atoms with van der Waals surface area (Å²) in [6.45, 7) is 11.8. The van der Waals surface area contributed by atoms with Gasteiger partial charge in [-0.15, -0.1) is 0 Å². The van der Waals surface area contributed by atoms with Crippen LogP contribution in [-0.2, 0) is 0 Å². The predicted molar refractivity (Wildman–Crippen MR) is 78.7 cm³/mol. The van der Waals surface area contributed by atoms with Crippen molar-refractivity contribution in [2.45, 2.75) is 84.8 Å². The summed E-state index contributed by atoms with van der Waals surface area (Å²) in [6.07, 6.45) is 7.38. The molecular formula is C16H33NO. The summed E-state index contributed by atoms with van der Waals surface area (Å²) in [5, 5.41) is 13.6. The van der Waals surface area contributed by atoms with E-state index in [9.17, 15) is 5.11 Å². The van der Waals surface area contributed by atoms with Gasteiger partial charge in [-0.2, -0.15) is 0 Å². The average Bonchev–Trinajstić information content (AvgIpc) is 2.51. The Balaban J connectivity index is 2.38. The van der Waals surface area contributed by atoms with E-state index >= 15 is 0 Å². The smallest absolute Gasteiger partial charge is 0.0741 e. The highest BCUT2D eigenvalue weighted by Gasteiger charge is 2.28. The standard InChI is InChI=1S/C16H33NO/c1-6-16(5,18)12-17-14-9-7-8-13(10-11-14)15(2,3)4/h13-14,17-18H,6-12H2,1-5H3. The molecule has 0 aromatic carbocycles. The molecule has 2 N–H and O–H groups in total. The lowest BCUT2D eigenvalue weighted by Crippen LogP contribution is -2.42. The molecule has 2 nitrogen and oxygen atoms in total. The van der Waals surface area contributed by atoms with Crippen LogP contribution in [-0.4, -0.2) is 23.3 Å². The zero-order valence-corrected chi connectivity index (χ0v) is 13.1. The molecule has 108 valence electrons. The van der Waals surface area contributed by atoms with Crippen LogP contribution < -0.4 is 5.32 Å². The molecule has 0 bridgehead atoms. The first-order chi connectivity index (χ1) is 8.24. The molecule has 0 aromatic heterocycles. The third-order valence-corrected chi connectivity index (χ3v) is 4.73. The summed E-state index contributed by atoms with van der Waals surface area (Å²) in [4.78, 5) is 0. The Morgan fingerprint density at radius 3 is 2.28 bits per heavy atom. The Labute approximate surface area is 114 Å². The van der Waals surface area contributed by atoms with Crippen LogP contribution in [0.4, 0.5) is 0 Å². The second-order valence-corrected chi connectivity index (χ2v) is 7.50. The van der Waals surface area contributed by atoms with E-state index < -0.39 is 5.60 Å². The second-order valence-electron chi connectivity index (χ2n) is 7.50. The number of aliphatic hydroxyl groups is 1. The molecule has 3 atom stereocenters. The van der Waals surface area contributed by atoms with E-state index in [-0.39, 0.29) is 0 Å². The number of rotatable bonds is 4. The lowest BCUT2D eigenvalue weighted by molar-refractivity contribution is 0.0521. The summed E-state index contributed by atoms with van der Waals surface area (Å²) in [5.74, 6) is 0.857. The molecule has 0 saturated heterocycles. The highest BCUT2D eigenvalue weighted by atomic mass is 16.3. The van der Waals surface area contributed by atoms with Crippen molar-refractivity contribution in [2.24, 2.45) is 11.3 Å². The van der Waals surface area contributed by atoms with Gasteiger partial charge in [0.15, 0.2) is 0 Å². The van der Waals surface area contributed by atoms with Gasteiger partial charge in [0.05, 0.1) is 5.60 Å². The van der Waals surface area contributed by atoms with Crippen LogP contribution in [0.5, 0.6) is 0 Å². The molecule has 18 heavy (non-hydrogen) atoms. The molecule has 1 rings (SSSR count). The summed E-state index contributed by atoms with van der Waals surface area (Å²) in [7, 11) is 0. The summed E-state index contributed by atoms with van der Waals surface area (Å²) >= 11 is 0. The van der Waals surface area contributed by atoms with Gasteiger partial charge in [-0.3, -0.25) is 0 Å². The molecule has 1 fully saturated rings. The molecule has 3 unspecified atom stereocenters. The number of nitrogens with one attached hydrogen (secondary N) is 1. The minimum Gasteiger partial charge on any atom is -0.389 e. The third kappa shape index (κ3) is 5.27. The van der Waals surface area contributed by atoms with Gasteiger partial charge in [0.25, 0.3) is 0 Å². The first-order valence-corrected chi connectivity index (χ1v) is 7.70. The Hall–Kier alpha value is -0.0800. The van der Waals surface area contributed by atoms with Crippen molar-refractivity contribution in [2.75, 3.05) is 6.54 Å². The van der Waals surface area contributed by atoms with E-state index in [0.717, 1.165) is 18.9 Å². The minimum atomic E-state index is -0.546. The quantitative estimate of drug-likeness (QED) is 0.750. The number of hydrogen-bond donors (Lipinski definition) is 2. The SMILES string of the molecule is CCC(C)(O)CNC1CCCC(C(C)(C)C)CC1. The number of hydrogen-bond acceptors (Lipinski definition) is 2. The van der Waals surface area contributed by atoms with Gasteiger partial charge in [0, 0.05) is 12.6 Å². The predicted octanol–water partition coefficient (Wildman–Crippen LogP) is 3.73. The van der Waals surface area contributed by atoms with Gasteiger partial charge in [-0.1, -0.05) is 34.1 Å². The van der Waals surface area contributed by atoms with E-state index in [1.165, 1.54) is 32.1 Å². The van der Waals surface area contributed by atoms with Crippen LogP contribution in [0.2, 0.25) is 0 Å². The van der Waals surface area contributed by atoms with Crippen LogP contribution in [0.25, 0.3) is 0 Å². The maximum atomic E-state index is 10.0. The maximum Gasteiger partial charge on any atom is 0.0741 e. The first kappa shape index (κ1) is 16.0. The Morgan fingerprint density at radius 1 is 1.06 bits per heavy atom. The van der Waals surface area contributed by atoms with Crippen molar-refractivity contribution in [3.05, 3.63) is 0 Å². The van der Waals surface area contributed by atoms with Gasteiger partial charge in [0.1, 0.15) is 0 Å². The molecule has 2 heteroatoms. The molecule has 0 amide bonds. The van der Waals surface area contributed by atoms with E-state index in [2.05, 4.69) is 26.1 Å². The van der Waals surface area contributed by atoms with Crippen molar-refractivity contribution < 1.29 is 5.11 Å². The molecule has 1 saturated carbocycles. The molecule has 0 heterocycles. The fourth-order valence-corrected chi connectivity index (χ4v) is 2.86. The maximum absolute atomic E-state index is 10.0. The Kier molecular flexibility index (Phi) is 5.67. The normalized spacial score (nSPS) is 29.7. The fraction of sp³-hybridized carbons (Fsp3) is 1.00. The van der Waals surface area contributed by atoms with Crippen LogP contribution in [0.15, 0.2) is 0 Å². The molecule has 1 aliphatic carbocycles. The topological polar surface area (TPSA) is 32.3 Å². The third-order valence-electron chi connectivity index (χ3n) is 4.73. The van der Waals surface area contributed by atoms with Gasteiger partial charge in [-0.25, -0.2) is 0 Å². The van der Waals surface area contributed by atoms with E-state index in [1.807, 2.05) is 13.8 Å². The first-order valence-electron chi connectivity index (χ1n) is 7.70. The highest BCUT2D eigenvalue weighted by Crippen LogP contribution is 2.36. The van der Waals surface area contributed by atoms with Crippen LogP contribution >= 0.6 is 0 Å². The highest BCUT2D eigenvalue weighted by molar-refractivity contribution is 4.83. The Morgan fingerprint density at radius 2 is 1.72 bits per heavy atom. The average molecular weight is 255 g/mol. The van der Waals surface area contributed by atoms with Crippen molar-refractivity contribution in [1.29, 1.82) is 0 Å². The van der Waals surface area contributed by atoms with Crippen molar-refractivity contribution in [1.82, 2.24) is 5.32 Å². The largest absolute Gasteiger partial charge is 0.389 e. The van der Waals surface area contributed by atoms with E-state index in [0.29, 0.717) is 11.5 Å². The molecule has 0 aromatic rings. The lowest BCUT2D eigenvalue weighted by atomic mass is 9.76. The van der Waals surface area contributed by atoms with Crippen molar-refractivity contribution >= 4 is 0 Å². The minimum absolute atomic E-state index is 0.448. The van der Waals surface area contributed by atoms with Gasteiger partial charge in [-0.05, 0) is 50.4 Å². The van der Waals surface area contributed by atoms with E-state index in [4.69, 9.17) is 0 Å². The Bertz CT molecular complexity index is 242. The molecule has 1 aliphatic rings. The van der Waals surface area contributed by atoms with Crippen LogP contribution in [0, 0.1) is 11.3 Å². The van der Waals surface area contributed by atoms with E-state index in [1.54, 1.807) is 0 Å². The van der Waals surface area contributed by atoms with Gasteiger partial charge < -0.3 is 10.4 Å². The van der Waals surface area contributed by atoms with Crippen LogP contribution in [0.3, 0.4) is 0 Å². The summed E-state index contributed by atoms with van der Waals surface area (Å²) in [5.41, 5.74) is -0.0977. The van der Waals surface area contributed by atoms with Gasteiger partial charge >= 0.3 is 0 Å². The molecular weight excluding hydrogens is 222 g/mol. The molecule has 0 radical (unpaired) electrons. The zero-order valence-electron chi connectivity index (χ0n) is 13.1. The summed E-state index contributed by atoms with van der Waals surface area (Å²) < 4.78 is 0. The monoisotopic (exact) mass is 255 g/mol. The van der Waals surface area contributed by atoms with Gasteiger partial charge in [0.2, 0.25) is 0 Å². The summed E-state index contributed by atoms with van der Waals surface area (Å²) in [6, 6.07) is 0.607. The molecule has 0 spiro atoms. The lowest BCUT2D eigenvalue weighted by Gasteiger charge is -2.30. The fourth-order valence-electron chi connectivity index (χ4n) is 2.86. The van der Waals surface area contributed by atoms with Crippen LogP contribution in [0.1, 0.15) is 73.1 Å². The second kappa shape index (κ2) is 6.38. The van der Waals surface area contributed by atoms with Crippen molar-refractivity contribution in [3.8, 4) is 0 Å².